The third-order valence-electron chi connectivity index (χ3n) is 4.48. The molecule has 2 rings (SSSR count). The van der Waals surface area contributed by atoms with E-state index in [1.54, 1.807) is 24.3 Å². The highest BCUT2D eigenvalue weighted by Gasteiger charge is 2.18. The van der Waals surface area contributed by atoms with Crippen molar-refractivity contribution in [1.29, 1.82) is 0 Å². The normalized spacial score (nSPS) is 18.7. The number of ether oxygens (including phenoxy) is 3. The van der Waals surface area contributed by atoms with Crippen molar-refractivity contribution < 1.29 is 24.1 Å². The Morgan fingerprint density at radius 1 is 1.24 bits per heavy atom. The molecule has 5 heteroatoms. The molecule has 0 spiro atoms. The molecule has 0 aliphatic carbocycles. The summed E-state index contributed by atoms with van der Waals surface area (Å²) in [4.78, 5) is 10.8. The van der Waals surface area contributed by atoms with Crippen LogP contribution in [0.2, 0.25) is 0 Å². The first kappa shape index (κ1) is 19.7. The highest BCUT2D eigenvalue weighted by Crippen LogP contribution is 2.19. The predicted octanol–water partition coefficient (Wildman–Crippen LogP) is 4.65. The molecule has 0 bridgehead atoms. The Labute approximate surface area is 150 Å². The van der Waals surface area contributed by atoms with Crippen LogP contribution in [0.4, 0.5) is 0 Å². The summed E-state index contributed by atoms with van der Waals surface area (Å²) in [5.41, 5.74) is 0.278. The second-order valence-corrected chi connectivity index (χ2v) is 6.49. The van der Waals surface area contributed by atoms with Crippen LogP contribution in [0.5, 0.6) is 5.75 Å². The molecule has 0 amide bonds. The molecule has 0 saturated carbocycles. The second kappa shape index (κ2) is 11.1. The molecule has 1 aromatic rings. The van der Waals surface area contributed by atoms with Gasteiger partial charge in [0, 0.05) is 6.61 Å². The third-order valence-corrected chi connectivity index (χ3v) is 4.48. The fraction of sp³-hybridized carbons (Fsp3) is 0.650. The SMILES string of the molecule is CCC(CCCCCOc1ccc(C(=O)O)cc1)OC1CCCCO1. The number of benzene rings is 1. The number of hydrogen-bond donors (Lipinski definition) is 1. The molecule has 0 radical (unpaired) electrons. The van der Waals surface area contributed by atoms with Gasteiger partial charge in [-0.25, -0.2) is 4.79 Å². The molecule has 1 aromatic carbocycles. The zero-order chi connectivity index (χ0) is 17.9. The van der Waals surface area contributed by atoms with Crippen molar-refractivity contribution in [2.45, 2.75) is 70.7 Å². The molecule has 2 unspecified atom stereocenters. The quantitative estimate of drug-likeness (QED) is 0.589. The fourth-order valence-corrected chi connectivity index (χ4v) is 2.94. The van der Waals surface area contributed by atoms with E-state index in [9.17, 15) is 4.79 Å². The molecular weight excluding hydrogens is 320 g/mol. The lowest BCUT2D eigenvalue weighted by atomic mass is 10.1. The van der Waals surface area contributed by atoms with Gasteiger partial charge in [-0.3, -0.25) is 0 Å². The summed E-state index contributed by atoms with van der Waals surface area (Å²) in [5, 5.41) is 8.86. The number of aromatic carboxylic acids is 1. The van der Waals surface area contributed by atoms with Crippen molar-refractivity contribution in [3.8, 4) is 5.75 Å². The average molecular weight is 350 g/mol. The van der Waals surface area contributed by atoms with E-state index in [4.69, 9.17) is 19.3 Å². The lowest BCUT2D eigenvalue weighted by Crippen LogP contribution is -2.27. The monoisotopic (exact) mass is 350 g/mol. The maximum absolute atomic E-state index is 10.8. The van der Waals surface area contributed by atoms with Crippen molar-refractivity contribution in [3.05, 3.63) is 29.8 Å². The molecule has 0 aromatic heterocycles. The fourth-order valence-electron chi connectivity index (χ4n) is 2.94. The van der Waals surface area contributed by atoms with E-state index >= 15 is 0 Å². The van der Waals surface area contributed by atoms with Crippen molar-refractivity contribution in [1.82, 2.24) is 0 Å². The Morgan fingerprint density at radius 3 is 2.68 bits per heavy atom. The van der Waals surface area contributed by atoms with Crippen LogP contribution in [0.1, 0.15) is 68.6 Å². The molecule has 5 nitrogen and oxygen atoms in total. The van der Waals surface area contributed by atoms with Crippen LogP contribution >= 0.6 is 0 Å². The Morgan fingerprint density at radius 2 is 2.04 bits per heavy atom. The molecular formula is C20H30O5. The molecule has 1 aliphatic rings. The molecule has 1 fully saturated rings. The van der Waals surface area contributed by atoms with E-state index in [0.29, 0.717) is 12.4 Å². The van der Waals surface area contributed by atoms with Crippen molar-refractivity contribution in [3.63, 3.8) is 0 Å². The van der Waals surface area contributed by atoms with E-state index < -0.39 is 5.97 Å². The van der Waals surface area contributed by atoms with Crippen molar-refractivity contribution >= 4 is 5.97 Å². The Bertz CT molecular complexity index is 493. The summed E-state index contributed by atoms with van der Waals surface area (Å²) in [5.74, 6) is -0.202. The number of unbranched alkanes of at least 4 members (excludes halogenated alkanes) is 2. The molecule has 1 saturated heterocycles. The largest absolute Gasteiger partial charge is 0.494 e. The molecule has 1 aliphatic heterocycles. The van der Waals surface area contributed by atoms with Crippen LogP contribution in [0.3, 0.4) is 0 Å². The van der Waals surface area contributed by atoms with Crippen molar-refractivity contribution in [2.75, 3.05) is 13.2 Å². The number of hydrogen-bond acceptors (Lipinski definition) is 4. The number of carboxylic acids is 1. The maximum atomic E-state index is 10.8. The first-order valence-corrected chi connectivity index (χ1v) is 9.42. The topological polar surface area (TPSA) is 65.0 Å². The standard InChI is InChI=1S/C20H30O5/c1-2-17(25-19-9-5-7-15-24-19)8-4-3-6-14-23-18-12-10-16(11-13-18)20(21)22/h10-13,17,19H,2-9,14-15H2,1H3,(H,21,22). The van der Waals surface area contributed by atoms with Gasteiger partial charge < -0.3 is 19.3 Å². The first-order chi connectivity index (χ1) is 12.2. The van der Waals surface area contributed by atoms with E-state index in [1.807, 2.05) is 0 Å². The van der Waals surface area contributed by atoms with Gasteiger partial charge in [-0.15, -0.1) is 0 Å². The third kappa shape index (κ3) is 7.45. The van der Waals surface area contributed by atoms with E-state index in [0.717, 1.165) is 51.6 Å². The van der Waals surface area contributed by atoms with Crippen LogP contribution < -0.4 is 4.74 Å². The maximum Gasteiger partial charge on any atom is 0.335 e. The van der Waals surface area contributed by atoms with Crippen LogP contribution in [0.25, 0.3) is 0 Å². The Balaban J connectivity index is 1.55. The summed E-state index contributed by atoms with van der Waals surface area (Å²) in [6.45, 7) is 3.64. The molecule has 2 atom stereocenters. The molecule has 1 heterocycles. The van der Waals surface area contributed by atoms with Gasteiger partial charge >= 0.3 is 5.97 Å². The van der Waals surface area contributed by atoms with Gasteiger partial charge in [0.1, 0.15) is 5.75 Å². The summed E-state index contributed by atoms with van der Waals surface area (Å²) < 4.78 is 17.3. The Hall–Kier alpha value is -1.59. The highest BCUT2D eigenvalue weighted by molar-refractivity contribution is 5.87. The highest BCUT2D eigenvalue weighted by atomic mass is 16.7. The van der Waals surface area contributed by atoms with Gasteiger partial charge in [-0.1, -0.05) is 13.3 Å². The van der Waals surface area contributed by atoms with Gasteiger partial charge in [0.05, 0.1) is 18.3 Å². The van der Waals surface area contributed by atoms with Gasteiger partial charge in [0.25, 0.3) is 0 Å². The van der Waals surface area contributed by atoms with E-state index in [2.05, 4.69) is 6.92 Å². The second-order valence-electron chi connectivity index (χ2n) is 6.49. The van der Waals surface area contributed by atoms with E-state index in [1.165, 1.54) is 6.42 Å². The number of carboxylic acid groups (broad SMARTS) is 1. The number of rotatable bonds is 11. The minimum Gasteiger partial charge on any atom is -0.494 e. The lowest BCUT2D eigenvalue weighted by molar-refractivity contribution is -0.189. The van der Waals surface area contributed by atoms with Gasteiger partial charge in [0.15, 0.2) is 6.29 Å². The van der Waals surface area contributed by atoms with Gasteiger partial charge in [-0.2, -0.15) is 0 Å². The molecule has 140 valence electrons. The summed E-state index contributed by atoms with van der Waals surface area (Å²) in [7, 11) is 0. The van der Waals surface area contributed by atoms with Crippen LogP contribution in [-0.2, 0) is 9.47 Å². The van der Waals surface area contributed by atoms with Crippen LogP contribution in [0.15, 0.2) is 24.3 Å². The molecule has 1 N–H and O–H groups in total. The Kier molecular flexibility index (Phi) is 8.77. The van der Waals surface area contributed by atoms with Crippen LogP contribution in [-0.4, -0.2) is 36.7 Å². The van der Waals surface area contributed by atoms with E-state index in [-0.39, 0.29) is 18.0 Å². The minimum absolute atomic E-state index is 0.00388. The molecule has 25 heavy (non-hydrogen) atoms. The summed E-state index contributed by atoms with van der Waals surface area (Å²) >= 11 is 0. The van der Waals surface area contributed by atoms with Gasteiger partial charge in [-0.05, 0) is 69.2 Å². The van der Waals surface area contributed by atoms with Crippen molar-refractivity contribution in [2.24, 2.45) is 0 Å². The van der Waals surface area contributed by atoms with Crippen LogP contribution in [0, 0.1) is 0 Å². The smallest absolute Gasteiger partial charge is 0.335 e. The summed E-state index contributed by atoms with van der Waals surface area (Å²) in [6.07, 6.45) is 8.92. The summed E-state index contributed by atoms with van der Waals surface area (Å²) in [6, 6.07) is 6.53. The predicted molar refractivity (Wildman–Crippen MR) is 96.1 cm³/mol. The zero-order valence-electron chi connectivity index (χ0n) is 15.1. The van der Waals surface area contributed by atoms with Gasteiger partial charge in [0.2, 0.25) is 0 Å². The average Bonchev–Trinajstić information content (AvgIpc) is 2.64. The zero-order valence-corrected chi connectivity index (χ0v) is 15.1. The minimum atomic E-state index is -0.919. The first-order valence-electron chi connectivity index (χ1n) is 9.42. The number of carbonyl (C=O) groups is 1. The lowest BCUT2D eigenvalue weighted by Gasteiger charge is -2.27.